The Balaban J connectivity index is 3.99. The van der Waals surface area contributed by atoms with Crippen molar-refractivity contribution in [2.24, 2.45) is 17.6 Å². The molecule has 5 N–H and O–H groups in total. The standard InChI is InChI=1S/C22H43NO3/c1-16(2)12-13-21(25)19(5)11-7-9-17(3)8-6-10-18(4)14-22(26)20(23)15-24/h8,12,18-22,24-26H,6-7,9-11,13-15,23H2,1-5H3/b17-8+/t18?,19?,20-,21?,22+/m0/s1. The Hall–Kier alpha value is -0.680. The second-order valence-electron chi connectivity index (χ2n) is 8.34. The van der Waals surface area contributed by atoms with Crippen LogP contribution in [0.2, 0.25) is 0 Å². The van der Waals surface area contributed by atoms with Crippen molar-refractivity contribution in [2.75, 3.05) is 6.61 Å². The number of allylic oxidation sites excluding steroid dienone is 3. The summed E-state index contributed by atoms with van der Waals surface area (Å²) in [5.41, 5.74) is 8.30. The summed E-state index contributed by atoms with van der Waals surface area (Å²) in [6.07, 6.45) is 10.2. The Morgan fingerprint density at radius 2 is 1.65 bits per heavy atom. The third kappa shape index (κ3) is 12.6. The molecule has 0 saturated carbocycles. The lowest BCUT2D eigenvalue weighted by atomic mass is 9.93. The van der Waals surface area contributed by atoms with E-state index >= 15 is 0 Å². The lowest BCUT2D eigenvalue weighted by Crippen LogP contribution is -2.38. The highest BCUT2D eigenvalue weighted by molar-refractivity contribution is 4.98. The molecule has 26 heavy (non-hydrogen) atoms. The van der Waals surface area contributed by atoms with E-state index in [2.05, 4.69) is 46.8 Å². The van der Waals surface area contributed by atoms with Crippen molar-refractivity contribution in [2.45, 2.75) is 97.8 Å². The number of aliphatic hydroxyl groups excluding tert-OH is 3. The van der Waals surface area contributed by atoms with E-state index in [0.717, 1.165) is 38.5 Å². The Bertz CT molecular complexity index is 416. The molecule has 0 aliphatic carbocycles. The highest BCUT2D eigenvalue weighted by Crippen LogP contribution is 2.20. The van der Waals surface area contributed by atoms with Crippen LogP contribution in [0.15, 0.2) is 23.3 Å². The average Bonchev–Trinajstić information content (AvgIpc) is 2.58. The average molecular weight is 370 g/mol. The molecule has 0 saturated heterocycles. The molecule has 0 aromatic rings. The van der Waals surface area contributed by atoms with Gasteiger partial charge < -0.3 is 21.1 Å². The largest absolute Gasteiger partial charge is 0.395 e. The molecular formula is C22H43NO3. The molecule has 0 rings (SSSR count). The van der Waals surface area contributed by atoms with Crippen LogP contribution in [0.25, 0.3) is 0 Å². The first kappa shape index (κ1) is 25.3. The van der Waals surface area contributed by atoms with Gasteiger partial charge in [0.25, 0.3) is 0 Å². The summed E-state index contributed by atoms with van der Waals surface area (Å²) in [6, 6.07) is -0.538. The van der Waals surface area contributed by atoms with E-state index in [4.69, 9.17) is 10.8 Å². The van der Waals surface area contributed by atoms with Crippen molar-refractivity contribution in [3.05, 3.63) is 23.3 Å². The van der Waals surface area contributed by atoms with Crippen LogP contribution in [0, 0.1) is 11.8 Å². The molecule has 0 aliphatic heterocycles. The molecule has 0 spiro atoms. The van der Waals surface area contributed by atoms with E-state index in [0.29, 0.717) is 18.3 Å². The molecule has 4 heteroatoms. The minimum absolute atomic E-state index is 0.172. The predicted octanol–water partition coefficient (Wildman–Crippen LogP) is 3.94. The van der Waals surface area contributed by atoms with E-state index in [9.17, 15) is 10.2 Å². The SMILES string of the molecule is CC(C)=CCC(O)C(C)CCC/C(C)=C/CCC(C)C[C@@H](O)[C@@H](N)CO. The van der Waals surface area contributed by atoms with Gasteiger partial charge in [-0.25, -0.2) is 0 Å². The normalized spacial score (nSPS) is 18.1. The molecule has 5 atom stereocenters. The molecule has 4 nitrogen and oxygen atoms in total. The molecule has 154 valence electrons. The third-order valence-corrected chi connectivity index (χ3v) is 5.16. The van der Waals surface area contributed by atoms with Gasteiger partial charge in [-0.2, -0.15) is 0 Å². The summed E-state index contributed by atoms with van der Waals surface area (Å²) in [4.78, 5) is 0. The molecule has 0 radical (unpaired) electrons. The lowest BCUT2D eigenvalue weighted by Gasteiger charge is -2.20. The first-order valence-electron chi connectivity index (χ1n) is 10.2. The third-order valence-electron chi connectivity index (χ3n) is 5.16. The van der Waals surface area contributed by atoms with Crippen molar-refractivity contribution in [1.29, 1.82) is 0 Å². The maximum absolute atomic E-state index is 10.2. The molecule has 0 heterocycles. The molecule has 0 fully saturated rings. The van der Waals surface area contributed by atoms with Crippen molar-refractivity contribution >= 4 is 0 Å². The van der Waals surface area contributed by atoms with Crippen molar-refractivity contribution in [3.8, 4) is 0 Å². The summed E-state index contributed by atoms with van der Waals surface area (Å²) in [5.74, 6) is 0.715. The number of rotatable bonds is 14. The van der Waals surface area contributed by atoms with Crippen LogP contribution in [0.3, 0.4) is 0 Å². The minimum atomic E-state index is -0.626. The topological polar surface area (TPSA) is 86.7 Å². The molecule has 0 aromatic heterocycles. The van der Waals surface area contributed by atoms with Gasteiger partial charge in [0.2, 0.25) is 0 Å². The molecular weight excluding hydrogens is 326 g/mol. The zero-order valence-electron chi connectivity index (χ0n) is 17.6. The van der Waals surface area contributed by atoms with Gasteiger partial charge in [-0.15, -0.1) is 0 Å². The minimum Gasteiger partial charge on any atom is -0.395 e. The van der Waals surface area contributed by atoms with Gasteiger partial charge in [-0.05, 0) is 77.6 Å². The Morgan fingerprint density at radius 3 is 2.23 bits per heavy atom. The van der Waals surface area contributed by atoms with Gasteiger partial charge >= 0.3 is 0 Å². The summed E-state index contributed by atoms with van der Waals surface area (Å²) >= 11 is 0. The van der Waals surface area contributed by atoms with Crippen molar-refractivity contribution in [3.63, 3.8) is 0 Å². The first-order chi connectivity index (χ1) is 12.2. The Kier molecular flexibility index (Phi) is 14.0. The monoisotopic (exact) mass is 369 g/mol. The van der Waals surface area contributed by atoms with Gasteiger partial charge in [0.15, 0.2) is 0 Å². The summed E-state index contributed by atoms with van der Waals surface area (Å²) < 4.78 is 0. The molecule has 0 aliphatic rings. The molecule has 0 aromatic carbocycles. The summed E-state index contributed by atoms with van der Waals surface area (Å²) in [7, 11) is 0. The summed E-state index contributed by atoms with van der Waals surface area (Å²) in [5, 5.41) is 29.0. The predicted molar refractivity (Wildman–Crippen MR) is 111 cm³/mol. The highest BCUT2D eigenvalue weighted by Gasteiger charge is 2.16. The second-order valence-corrected chi connectivity index (χ2v) is 8.34. The van der Waals surface area contributed by atoms with Gasteiger partial charge in [0.1, 0.15) is 0 Å². The van der Waals surface area contributed by atoms with Crippen LogP contribution in [0.5, 0.6) is 0 Å². The Morgan fingerprint density at radius 1 is 1.00 bits per heavy atom. The quantitative estimate of drug-likeness (QED) is 0.349. The number of hydrogen-bond acceptors (Lipinski definition) is 4. The van der Waals surface area contributed by atoms with E-state index in [1.165, 1.54) is 11.1 Å². The Labute approximate surface area is 161 Å². The fourth-order valence-electron chi connectivity index (χ4n) is 3.03. The number of nitrogens with two attached hydrogens (primary N) is 1. The highest BCUT2D eigenvalue weighted by atomic mass is 16.3. The fourth-order valence-corrected chi connectivity index (χ4v) is 3.03. The van der Waals surface area contributed by atoms with Gasteiger partial charge in [-0.1, -0.05) is 37.1 Å². The van der Waals surface area contributed by atoms with Crippen LogP contribution in [-0.2, 0) is 0 Å². The smallest absolute Gasteiger partial charge is 0.0716 e. The van der Waals surface area contributed by atoms with Crippen LogP contribution in [0.4, 0.5) is 0 Å². The fraction of sp³-hybridized carbons (Fsp3) is 0.818. The maximum atomic E-state index is 10.2. The van der Waals surface area contributed by atoms with Crippen LogP contribution in [-0.4, -0.2) is 40.2 Å². The number of aliphatic hydroxyl groups is 3. The lowest BCUT2D eigenvalue weighted by molar-refractivity contribution is 0.0876. The van der Waals surface area contributed by atoms with Crippen LogP contribution in [0.1, 0.15) is 79.6 Å². The van der Waals surface area contributed by atoms with Gasteiger partial charge in [-0.3, -0.25) is 0 Å². The zero-order chi connectivity index (χ0) is 20.1. The number of hydrogen-bond donors (Lipinski definition) is 4. The van der Waals surface area contributed by atoms with Gasteiger partial charge in [0, 0.05) is 0 Å². The van der Waals surface area contributed by atoms with E-state index < -0.39 is 12.1 Å². The van der Waals surface area contributed by atoms with E-state index in [1.54, 1.807) is 0 Å². The first-order valence-corrected chi connectivity index (χ1v) is 10.2. The second kappa shape index (κ2) is 14.4. The van der Waals surface area contributed by atoms with E-state index in [-0.39, 0.29) is 12.7 Å². The molecule has 0 bridgehead atoms. The maximum Gasteiger partial charge on any atom is 0.0716 e. The van der Waals surface area contributed by atoms with E-state index in [1.807, 2.05) is 0 Å². The van der Waals surface area contributed by atoms with Crippen LogP contribution >= 0.6 is 0 Å². The van der Waals surface area contributed by atoms with Crippen molar-refractivity contribution in [1.82, 2.24) is 0 Å². The molecule has 3 unspecified atom stereocenters. The van der Waals surface area contributed by atoms with Crippen molar-refractivity contribution < 1.29 is 15.3 Å². The zero-order valence-corrected chi connectivity index (χ0v) is 17.6. The van der Waals surface area contributed by atoms with Gasteiger partial charge in [0.05, 0.1) is 24.9 Å². The molecule has 0 amide bonds. The van der Waals surface area contributed by atoms with Crippen LogP contribution < -0.4 is 5.73 Å². The summed E-state index contributed by atoms with van der Waals surface area (Å²) in [6.45, 7) is 10.4.